The molecule has 4 N–H and O–H groups in total. The molecule has 2 heterocycles. The molecule has 17 heteroatoms. The number of hydrogen-bond acceptors (Lipinski definition) is 11. The standard InChI is InChI=1S/C41H53N5O12/c1-26(47)43-30(25-56-38(53)28-16-9-6-10-17-28)34(48)44-33-29(37(51)52)20-23-46(36(33)50)31(35(49)45-22-13-19-32(45)39(54)58-41(2,3)4)18-11-12-21-42-40(55)57-24-27-14-7-5-8-15-27/h5-10,14-17,29-33H,11-13,18-25H2,1-4H3,(H,42,55)(H,43,47)(H,44,48)(H,51,52)/t29-,30+,31+,32+,33+/m1/s1. The molecule has 0 bridgehead atoms. The van der Waals surface area contributed by atoms with Gasteiger partial charge >= 0.3 is 24.0 Å². The summed E-state index contributed by atoms with van der Waals surface area (Å²) in [6.07, 6.45) is 0.838. The van der Waals surface area contributed by atoms with E-state index in [1.165, 1.54) is 21.9 Å². The Bertz CT molecular complexity index is 1780. The molecular formula is C41H53N5O12. The molecule has 2 aliphatic rings. The molecular weight excluding hydrogens is 754 g/mol. The number of nitrogens with one attached hydrogen (secondary N) is 3. The zero-order chi connectivity index (χ0) is 42.4. The van der Waals surface area contributed by atoms with E-state index in [1.54, 1.807) is 39.0 Å². The van der Waals surface area contributed by atoms with E-state index in [-0.39, 0.29) is 44.6 Å². The van der Waals surface area contributed by atoms with Gasteiger partial charge in [-0.2, -0.15) is 0 Å². The maximum Gasteiger partial charge on any atom is 0.407 e. The van der Waals surface area contributed by atoms with Crippen molar-refractivity contribution >= 4 is 47.6 Å². The van der Waals surface area contributed by atoms with Crippen LogP contribution in [0.1, 0.15) is 82.1 Å². The molecule has 0 spiro atoms. The second-order valence-electron chi connectivity index (χ2n) is 15.2. The molecule has 17 nitrogen and oxygen atoms in total. The summed E-state index contributed by atoms with van der Waals surface area (Å²) in [6, 6.07) is 11.8. The smallest absolute Gasteiger partial charge is 0.407 e. The Kier molecular flexibility index (Phi) is 16.2. The summed E-state index contributed by atoms with van der Waals surface area (Å²) < 4.78 is 16.1. The monoisotopic (exact) mass is 807 g/mol. The number of carboxylic acids is 1. The Morgan fingerprint density at radius 2 is 1.57 bits per heavy atom. The number of hydrogen-bond donors (Lipinski definition) is 4. The van der Waals surface area contributed by atoms with E-state index in [0.717, 1.165) is 12.5 Å². The van der Waals surface area contributed by atoms with E-state index >= 15 is 0 Å². The maximum absolute atomic E-state index is 14.4. The van der Waals surface area contributed by atoms with Gasteiger partial charge in [0.25, 0.3) is 0 Å². The molecule has 4 rings (SSSR count). The first kappa shape index (κ1) is 44.7. The van der Waals surface area contributed by atoms with Crippen LogP contribution in [0.3, 0.4) is 0 Å². The molecule has 2 fully saturated rings. The summed E-state index contributed by atoms with van der Waals surface area (Å²) in [4.78, 5) is 108. The molecule has 0 aromatic heterocycles. The van der Waals surface area contributed by atoms with Gasteiger partial charge in [-0.3, -0.25) is 24.0 Å². The Hall–Kier alpha value is -6.00. The second kappa shape index (κ2) is 21.0. The van der Waals surface area contributed by atoms with Gasteiger partial charge < -0.3 is 45.1 Å². The summed E-state index contributed by atoms with van der Waals surface area (Å²) in [5, 5.41) is 17.6. The predicted octanol–water partition coefficient (Wildman–Crippen LogP) is 2.56. The zero-order valence-electron chi connectivity index (χ0n) is 33.3. The van der Waals surface area contributed by atoms with E-state index in [1.807, 2.05) is 30.3 Å². The maximum atomic E-state index is 14.4. The third kappa shape index (κ3) is 13.0. The normalized spacial score (nSPS) is 19.0. The van der Waals surface area contributed by atoms with Crippen LogP contribution in [-0.4, -0.2) is 119 Å². The van der Waals surface area contributed by atoms with Gasteiger partial charge in [0, 0.05) is 26.6 Å². The summed E-state index contributed by atoms with van der Waals surface area (Å²) in [5.74, 6) is -7.18. The van der Waals surface area contributed by atoms with E-state index in [9.17, 15) is 43.5 Å². The summed E-state index contributed by atoms with van der Waals surface area (Å²) in [5.41, 5.74) is 0.182. The van der Waals surface area contributed by atoms with Gasteiger partial charge in [-0.05, 0) is 77.0 Å². The highest BCUT2D eigenvalue weighted by Crippen LogP contribution is 2.28. The fourth-order valence-corrected chi connectivity index (χ4v) is 6.82. The van der Waals surface area contributed by atoms with Gasteiger partial charge in [0.05, 0.1) is 11.5 Å². The number of nitrogens with zero attached hydrogens (tertiary/aromatic N) is 2. The number of piperidine rings is 1. The number of alkyl carbamates (subject to hydrolysis) is 1. The first-order valence-corrected chi connectivity index (χ1v) is 19.4. The molecule has 0 radical (unpaired) electrons. The summed E-state index contributed by atoms with van der Waals surface area (Å²) in [7, 11) is 0. The molecule has 314 valence electrons. The lowest BCUT2D eigenvalue weighted by atomic mass is 9.88. The van der Waals surface area contributed by atoms with Crippen LogP contribution >= 0.6 is 0 Å². The fraction of sp³-hybridized carbons (Fsp3) is 0.512. The minimum atomic E-state index is -1.67. The van der Waals surface area contributed by atoms with Gasteiger partial charge in [-0.1, -0.05) is 48.5 Å². The number of amides is 5. The number of aliphatic carboxylic acids is 1. The van der Waals surface area contributed by atoms with Crippen molar-refractivity contribution in [1.29, 1.82) is 0 Å². The van der Waals surface area contributed by atoms with Crippen LogP contribution in [0.25, 0.3) is 0 Å². The molecule has 0 unspecified atom stereocenters. The van der Waals surface area contributed by atoms with Crippen LogP contribution in [-0.2, 0) is 49.6 Å². The van der Waals surface area contributed by atoms with Crippen LogP contribution in [0.15, 0.2) is 60.7 Å². The third-order valence-electron chi connectivity index (χ3n) is 9.59. The van der Waals surface area contributed by atoms with Crippen molar-refractivity contribution in [2.75, 3.05) is 26.2 Å². The Balaban J connectivity index is 1.51. The van der Waals surface area contributed by atoms with Crippen LogP contribution < -0.4 is 16.0 Å². The van der Waals surface area contributed by atoms with Gasteiger partial charge in [0.1, 0.15) is 43.0 Å². The molecule has 58 heavy (non-hydrogen) atoms. The second-order valence-corrected chi connectivity index (χ2v) is 15.2. The first-order chi connectivity index (χ1) is 27.6. The van der Waals surface area contributed by atoms with E-state index in [0.29, 0.717) is 25.7 Å². The van der Waals surface area contributed by atoms with Crippen molar-refractivity contribution in [1.82, 2.24) is 25.8 Å². The van der Waals surface area contributed by atoms with E-state index < -0.39 is 89.9 Å². The molecule has 2 aromatic rings. The highest BCUT2D eigenvalue weighted by atomic mass is 16.6. The fourth-order valence-electron chi connectivity index (χ4n) is 6.82. The SMILES string of the molecule is CC(=O)N[C@@H](COC(=O)c1ccccc1)C(=O)N[C@@H]1C(=O)N([C@@H](CCCCNC(=O)OCc2ccccc2)C(=O)N2CCC[C@H]2C(=O)OC(C)(C)C)CC[C@H]1C(=O)O. The molecule has 0 aliphatic carbocycles. The Labute approximate surface area is 337 Å². The van der Waals surface area contributed by atoms with Crippen molar-refractivity contribution in [3.05, 3.63) is 71.8 Å². The lowest BCUT2D eigenvalue weighted by molar-refractivity contribution is -0.166. The number of likely N-dealkylation sites (tertiary alicyclic amines) is 2. The van der Waals surface area contributed by atoms with Gasteiger partial charge in [-0.25, -0.2) is 14.4 Å². The molecule has 5 amide bonds. The quantitative estimate of drug-likeness (QED) is 0.103. The van der Waals surface area contributed by atoms with Crippen LogP contribution in [0.2, 0.25) is 0 Å². The highest BCUT2D eigenvalue weighted by molar-refractivity contribution is 5.98. The molecule has 2 aromatic carbocycles. The molecule has 0 saturated carbocycles. The summed E-state index contributed by atoms with van der Waals surface area (Å²) in [6.45, 7) is 5.97. The van der Waals surface area contributed by atoms with Crippen molar-refractivity contribution in [3.63, 3.8) is 0 Å². The van der Waals surface area contributed by atoms with Gasteiger partial charge in [0.15, 0.2) is 0 Å². The lowest BCUT2D eigenvalue weighted by Gasteiger charge is -2.42. The Morgan fingerprint density at radius 3 is 2.21 bits per heavy atom. The number of benzene rings is 2. The van der Waals surface area contributed by atoms with Crippen molar-refractivity contribution in [3.8, 4) is 0 Å². The minimum Gasteiger partial charge on any atom is -0.481 e. The van der Waals surface area contributed by atoms with Crippen LogP contribution in [0.4, 0.5) is 4.79 Å². The molecule has 2 aliphatic heterocycles. The number of carboxylic acid groups (broad SMARTS) is 1. The third-order valence-corrected chi connectivity index (χ3v) is 9.59. The average molecular weight is 808 g/mol. The average Bonchev–Trinajstić information content (AvgIpc) is 3.68. The number of unbranched alkanes of at least 4 members (excludes halogenated alkanes) is 1. The number of esters is 2. The van der Waals surface area contributed by atoms with Crippen molar-refractivity contribution < 1.29 is 57.7 Å². The lowest BCUT2D eigenvalue weighted by Crippen LogP contribution is -2.65. The zero-order valence-corrected chi connectivity index (χ0v) is 33.3. The highest BCUT2D eigenvalue weighted by Gasteiger charge is 2.48. The van der Waals surface area contributed by atoms with E-state index in [2.05, 4.69) is 16.0 Å². The van der Waals surface area contributed by atoms with Gasteiger partial charge in [-0.15, -0.1) is 0 Å². The number of carbonyl (C=O) groups excluding carboxylic acids is 7. The first-order valence-electron chi connectivity index (χ1n) is 19.4. The largest absolute Gasteiger partial charge is 0.481 e. The predicted molar refractivity (Wildman–Crippen MR) is 207 cm³/mol. The Morgan fingerprint density at radius 1 is 0.897 bits per heavy atom. The number of rotatable bonds is 17. The molecule has 2 saturated heterocycles. The van der Waals surface area contributed by atoms with Crippen molar-refractivity contribution in [2.24, 2.45) is 5.92 Å². The van der Waals surface area contributed by atoms with Crippen LogP contribution in [0, 0.1) is 5.92 Å². The van der Waals surface area contributed by atoms with Crippen molar-refractivity contribution in [2.45, 2.75) is 103 Å². The minimum absolute atomic E-state index is 0.0746. The van der Waals surface area contributed by atoms with Crippen LogP contribution in [0.5, 0.6) is 0 Å². The molecule has 5 atom stereocenters. The van der Waals surface area contributed by atoms with E-state index in [4.69, 9.17) is 14.2 Å². The number of ether oxygens (including phenoxy) is 3. The summed E-state index contributed by atoms with van der Waals surface area (Å²) >= 11 is 0. The van der Waals surface area contributed by atoms with Gasteiger partial charge in [0.2, 0.25) is 23.6 Å². The number of carbonyl (C=O) groups is 8. The topological polar surface area (TPSA) is 227 Å².